The molecule has 1 aliphatic rings. The van der Waals surface area contributed by atoms with E-state index in [0.717, 1.165) is 11.3 Å². The van der Waals surface area contributed by atoms with Gasteiger partial charge in [0.1, 0.15) is 12.7 Å². The molecule has 0 aliphatic carbocycles. The number of hydrogen-bond donors (Lipinski definition) is 0. The number of rotatable bonds is 3. The molecule has 16 heavy (non-hydrogen) atoms. The molecule has 8 heteroatoms. The van der Waals surface area contributed by atoms with Gasteiger partial charge in [-0.15, -0.1) is 0 Å². The van der Waals surface area contributed by atoms with Crippen molar-refractivity contribution in [1.82, 2.24) is 9.88 Å². The molecule has 86 valence electrons. The lowest BCUT2D eigenvalue weighted by molar-refractivity contribution is -0.380. The zero-order valence-corrected chi connectivity index (χ0v) is 9.44. The number of thiazole rings is 1. The Labute approximate surface area is 95.4 Å². The molecule has 2 rings (SSSR count). The third-order valence-electron chi connectivity index (χ3n) is 2.33. The van der Waals surface area contributed by atoms with E-state index in [0.29, 0.717) is 18.3 Å². The largest absolute Gasteiger partial charge is 0.345 e. The van der Waals surface area contributed by atoms with Crippen LogP contribution in [0.3, 0.4) is 0 Å². The molecule has 7 nitrogen and oxygen atoms in total. The van der Waals surface area contributed by atoms with E-state index in [4.69, 9.17) is 0 Å². The van der Waals surface area contributed by atoms with Crippen LogP contribution in [0.4, 0.5) is 10.1 Å². The fourth-order valence-corrected chi connectivity index (χ4v) is 2.21. The maximum atomic E-state index is 11.5. The Morgan fingerprint density at radius 3 is 2.94 bits per heavy atom. The average molecular weight is 242 g/mol. The number of carbonyl (C=O) groups excluding carboxylic acids is 1. The molecule has 0 unspecified atom stereocenters. The third kappa shape index (κ3) is 1.83. The van der Waals surface area contributed by atoms with Gasteiger partial charge in [0.25, 0.3) is 0 Å². The molecule has 1 saturated heterocycles. The SMILES string of the molecule is CCN1CN(c2ncc([N+](=O)[O-])s2)CC1=O. The fraction of sp³-hybridized carbons (Fsp3) is 0.500. The summed E-state index contributed by atoms with van der Waals surface area (Å²) in [5.41, 5.74) is 0. The predicted octanol–water partition coefficient (Wildman–Crippen LogP) is 0.677. The van der Waals surface area contributed by atoms with Crippen LogP contribution in [0, 0.1) is 10.1 Å². The van der Waals surface area contributed by atoms with Crippen LogP contribution in [0.5, 0.6) is 0 Å². The molecular weight excluding hydrogens is 232 g/mol. The van der Waals surface area contributed by atoms with E-state index >= 15 is 0 Å². The van der Waals surface area contributed by atoms with E-state index in [1.165, 1.54) is 6.20 Å². The van der Waals surface area contributed by atoms with E-state index in [-0.39, 0.29) is 17.5 Å². The lowest BCUT2D eigenvalue weighted by Crippen LogP contribution is -2.26. The summed E-state index contributed by atoms with van der Waals surface area (Å²) in [6.45, 7) is 3.24. The molecule has 0 bridgehead atoms. The second-order valence-electron chi connectivity index (χ2n) is 3.33. The molecule has 0 saturated carbocycles. The highest BCUT2D eigenvalue weighted by atomic mass is 32.1. The van der Waals surface area contributed by atoms with Gasteiger partial charge in [-0.25, -0.2) is 4.98 Å². The summed E-state index contributed by atoms with van der Waals surface area (Å²) in [5, 5.41) is 11.0. The summed E-state index contributed by atoms with van der Waals surface area (Å²) in [4.78, 5) is 28.8. The first-order valence-corrected chi connectivity index (χ1v) is 5.56. The van der Waals surface area contributed by atoms with Gasteiger partial charge in [-0.3, -0.25) is 14.9 Å². The lowest BCUT2D eigenvalue weighted by atomic mass is 10.5. The first-order chi connectivity index (χ1) is 7.61. The van der Waals surface area contributed by atoms with Crippen molar-refractivity contribution in [3.63, 3.8) is 0 Å². The smallest absolute Gasteiger partial charge is 0.324 e. The van der Waals surface area contributed by atoms with Gasteiger partial charge in [-0.2, -0.15) is 0 Å². The van der Waals surface area contributed by atoms with Crippen LogP contribution >= 0.6 is 11.3 Å². The first-order valence-electron chi connectivity index (χ1n) is 4.74. The summed E-state index contributed by atoms with van der Waals surface area (Å²) in [6.07, 6.45) is 1.22. The second kappa shape index (κ2) is 4.05. The maximum Gasteiger partial charge on any atom is 0.345 e. The van der Waals surface area contributed by atoms with Crippen molar-refractivity contribution >= 4 is 27.4 Å². The molecule has 0 radical (unpaired) electrons. The van der Waals surface area contributed by atoms with Crippen LogP contribution in [0.1, 0.15) is 6.92 Å². The second-order valence-corrected chi connectivity index (χ2v) is 4.31. The van der Waals surface area contributed by atoms with Gasteiger partial charge >= 0.3 is 5.00 Å². The minimum Gasteiger partial charge on any atom is -0.324 e. The molecule has 0 atom stereocenters. The number of aromatic nitrogens is 1. The summed E-state index contributed by atoms with van der Waals surface area (Å²) < 4.78 is 0. The van der Waals surface area contributed by atoms with Crippen LogP contribution in [0.15, 0.2) is 6.20 Å². The minimum absolute atomic E-state index is 0.00241. The molecule has 1 aromatic rings. The van der Waals surface area contributed by atoms with Crippen LogP contribution in [-0.4, -0.2) is 40.5 Å². The number of nitro groups is 1. The van der Waals surface area contributed by atoms with E-state index in [1.54, 1.807) is 9.80 Å². The fourth-order valence-electron chi connectivity index (χ4n) is 1.49. The Morgan fingerprint density at radius 2 is 2.44 bits per heavy atom. The lowest BCUT2D eigenvalue weighted by Gasteiger charge is -2.14. The zero-order chi connectivity index (χ0) is 11.7. The zero-order valence-electron chi connectivity index (χ0n) is 8.62. The summed E-state index contributed by atoms with van der Waals surface area (Å²) >= 11 is 0.990. The van der Waals surface area contributed by atoms with E-state index in [1.807, 2.05) is 6.92 Å². The predicted molar refractivity (Wildman–Crippen MR) is 58.4 cm³/mol. The molecule has 0 spiro atoms. The number of hydrogen-bond acceptors (Lipinski definition) is 6. The highest BCUT2D eigenvalue weighted by Crippen LogP contribution is 2.29. The molecule has 1 aromatic heterocycles. The van der Waals surface area contributed by atoms with Crippen molar-refractivity contribution in [3.05, 3.63) is 16.3 Å². The standard InChI is InChI=1S/C8H10N4O3S/c1-2-10-5-11(4-6(10)13)8-9-3-7(16-8)12(14)15/h3H,2,4-5H2,1H3. The third-order valence-corrected chi connectivity index (χ3v) is 3.34. The highest BCUT2D eigenvalue weighted by molar-refractivity contribution is 7.18. The van der Waals surface area contributed by atoms with Crippen molar-refractivity contribution in [1.29, 1.82) is 0 Å². The van der Waals surface area contributed by atoms with Crippen molar-refractivity contribution < 1.29 is 9.72 Å². The molecule has 1 aliphatic heterocycles. The van der Waals surface area contributed by atoms with Crippen molar-refractivity contribution in [2.75, 3.05) is 24.7 Å². The Morgan fingerprint density at radius 1 is 1.69 bits per heavy atom. The van der Waals surface area contributed by atoms with Gasteiger partial charge in [-0.05, 0) is 18.3 Å². The van der Waals surface area contributed by atoms with E-state index < -0.39 is 4.92 Å². The Kier molecular flexibility index (Phi) is 2.73. The van der Waals surface area contributed by atoms with Crippen molar-refractivity contribution in [2.24, 2.45) is 0 Å². The van der Waals surface area contributed by atoms with Gasteiger partial charge in [0.15, 0.2) is 5.13 Å². The first kappa shape index (κ1) is 10.8. The van der Waals surface area contributed by atoms with Crippen molar-refractivity contribution in [3.8, 4) is 0 Å². The van der Waals surface area contributed by atoms with E-state index in [9.17, 15) is 14.9 Å². The van der Waals surface area contributed by atoms with Gasteiger partial charge in [-0.1, -0.05) is 0 Å². The number of anilines is 1. The maximum absolute atomic E-state index is 11.5. The average Bonchev–Trinajstić information content (AvgIpc) is 2.83. The molecule has 2 heterocycles. The Balaban J connectivity index is 2.14. The summed E-state index contributed by atoms with van der Waals surface area (Å²) in [5.74, 6) is 0.0281. The van der Waals surface area contributed by atoms with E-state index in [2.05, 4.69) is 4.98 Å². The van der Waals surface area contributed by atoms with Crippen LogP contribution in [-0.2, 0) is 4.79 Å². The monoisotopic (exact) mass is 242 g/mol. The molecule has 1 fully saturated rings. The summed E-state index contributed by atoms with van der Waals surface area (Å²) in [6, 6.07) is 0. The molecule has 0 N–H and O–H groups in total. The quantitative estimate of drug-likeness (QED) is 0.575. The van der Waals surface area contributed by atoms with Gasteiger partial charge in [0, 0.05) is 6.54 Å². The molecule has 1 amide bonds. The summed E-state index contributed by atoms with van der Waals surface area (Å²) in [7, 11) is 0. The number of amides is 1. The van der Waals surface area contributed by atoms with Crippen molar-refractivity contribution in [2.45, 2.75) is 6.92 Å². The minimum atomic E-state index is -0.476. The normalized spacial score (nSPS) is 15.9. The Hall–Kier alpha value is -1.70. The van der Waals surface area contributed by atoms with Crippen LogP contribution in [0.25, 0.3) is 0 Å². The Bertz CT molecular complexity index is 433. The van der Waals surface area contributed by atoms with Gasteiger partial charge in [0.05, 0.1) is 11.6 Å². The van der Waals surface area contributed by atoms with Crippen LogP contribution in [0.2, 0.25) is 0 Å². The number of likely N-dealkylation sites (N-methyl/N-ethyl adjacent to an activating group) is 1. The molecular formula is C8H10N4O3S. The highest BCUT2D eigenvalue weighted by Gasteiger charge is 2.29. The number of carbonyl (C=O) groups is 1. The van der Waals surface area contributed by atoms with Gasteiger partial charge in [0.2, 0.25) is 5.91 Å². The number of nitrogens with zero attached hydrogens (tertiary/aromatic N) is 4. The topological polar surface area (TPSA) is 79.6 Å². The van der Waals surface area contributed by atoms with Gasteiger partial charge < -0.3 is 9.80 Å². The van der Waals surface area contributed by atoms with Crippen LogP contribution < -0.4 is 4.90 Å². The molecule has 0 aromatic carbocycles.